The third-order valence-electron chi connectivity index (χ3n) is 6.13. The third-order valence-corrected chi connectivity index (χ3v) is 6.13. The zero-order chi connectivity index (χ0) is 18.7. The zero-order valence-electron chi connectivity index (χ0n) is 15.3. The standard InChI is InChI=1S/C18H21FN8O/c19-13-8-28-2-1-14(13)23-18-24-17-16(26-7-10-3-12(26)4-10)15(11-5-21-22-6-11)20-9-27(17)25-18/h5-6,9-10,12-14H,1-4,7-8H2,(H,21,22)(H,23,25)/t10?,12?,13-,14+/m1/s1. The van der Waals surface area contributed by atoms with Crippen LogP contribution in [0.4, 0.5) is 16.0 Å². The zero-order valence-corrected chi connectivity index (χ0v) is 15.3. The maximum Gasteiger partial charge on any atom is 0.243 e. The summed E-state index contributed by atoms with van der Waals surface area (Å²) in [4.78, 5) is 11.8. The van der Waals surface area contributed by atoms with E-state index in [9.17, 15) is 4.39 Å². The number of anilines is 2. The molecule has 0 aromatic carbocycles. The van der Waals surface area contributed by atoms with Gasteiger partial charge in [0.2, 0.25) is 5.95 Å². The number of H-pyrrole nitrogens is 1. The minimum Gasteiger partial charge on any atom is -0.378 e. The van der Waals surface area contributed by atoms with Gasteiger partial charge in [-0.25, -0.2) is 9.37 Å². The molecule has 3 aromatic rings. The molecular formula is C18H21FN8O. The van der Waals surface area contributed by atoms with Crippen molar-refractivity contribution in [2.24, 2.45) is 5.92 Å². The minimum absolute atomic E-state index is 0.110. The van der Waals surface area contributed by atoms with E-state index < -0.39 is 6.17 Å². The van der Waals surface area contributed by atoms with E-state index in [1.54, 1.807) is 17.0 Å². The van der Waals surface area contributed by atoms with E-state index in [-0.39, 0.29) is 12.6 Å². The highest BCUT2D eigenvalue weighted by atomic mass is 19.1. The van der Waals surface area contributed by atoms with Gasteiger partial charge in [0.15, 0.2) is 5.65 Å². The molecule has 7 rings (SSSR count). The molecule has 6 heterocycles. The first kappa shape index (κ1) is 16.2. The summed E-state index contributed by atoms with van der Waals surface area (Å²) in [6, 6.07) is 0.193. The normalized spacial score (nSPS) is 29.2. The van der Waals surface area contributed by atoms with Crippen molar-refractivity contribution < 1.29 is 9.13 Å². The molecule has 9 nitrogen and oxygen atoms in total. The quantitative estimate of drug-likeness (QED) is 0.706. The first-order valence-electron chi connectivity index (χ1n) is 9.76. The summed E-state index contributed by atoms with van der Waals surface area (Å²) in [6.45, 7) is 1.66. The first-order valence-corrected chi connectivity index (χ1v) is 9.76. The fourth-order valence-corrected chi connectivity index (χ4v) is 4.60. The van der Waals surface area contributed by atoms with Crippen LogP contribution in [0.25, 0.3) is 16.9 Å². The van der Waals surface area contributed by atoms with Crippen molar-refractivity contribution in [1.29, 1.82) is 0 Å². The van der Waals surface area contributed by atoms with Gasteiger partial charge in [0.25, 0.3) is 0 Å². The van der Waals surface area contributed by atoms with Crippen LogP contribution in [0.15, 0.2) is 18.7 Å². The summed E-state index contributed by atoms with van der Waals surface area (Å²) < 4.78 is 21.0. The van der Waals surface area contributed by atoms with Crippen LogP contribution in [-0.2, 0) is 4.74 Å². The number of rotatable bonds is 4. The smallest absolute Gasteiger partial charge is 0.243 e. The summed E-state index contributed by atoms with van der Waals surface area (Å²) >= 11 is 0. The first-order chi connectivity index (χ1) is 13.8. The molecule has 0 spiro atoms. The van der Waals surface area contributed by atoms with E-state index in [4.69, 9.17) is 9.72 Å². The molecule has 0 radical (unpaired) electrons. The molecule has 4 aliphatic rings. The SMILES string of the molecule is F[C@@H]1COCC[C@@H]1Nc1nc2c(N3CC4CC3C4)c(-c3cn[nH]c3)ncn2n1. The Hall–Kier alpha value is -2.75. The number of aromatic nitrogens is 6. The minimum atomic E-state index is -1.06. The number of nitrogens with zero attached hydrogens (tertiary/aromatic N) is 6. The molecular weight excluding hydrogens is 363 g/mol. The van der Waals surface area contributed by atoms with Crippen LogP contribution in [0.1, 0.15) is 19.3 Å². The summed E-state index contributed by atoms with van der Waals surface area (Å²) in [6.07, 6.45) is 7.25. The van der Waals surface area contributed by atoms with E-state index >= 15 is 0 Å². The van der Waals surface area contributed by atoms with E-state index in [0.29, 0.717) is 25.0 Å². The highest BCUT2D eigenvalue weighted by molar-refractivity contribution is 5.85. The molecule has 0 unspecified atom stereocenters. The number of hydrogen-bond donors (Lipinski definition) is 2. The van der Waals surface area contributed by atoms with Gasteiger partial charge in [0.05, 0.1) is 18.8 Å². The number of nitrogens with one attached hydrogen (secondary N) is 2. The fraction of sp³-hybridized carbons (Fsp3) is 0.556. The Kier molecular flexibility index (Phi) is 3.55. The number of hydrogen-bond acceptors (Lipinski definition) is 7. The maximum atomic E-state index is 14.1. The molecule has 146 valence electrons. The summed E-state index contributed by atoms with van der Waals surface area (Å²) in [5.41, 5.74) is 3.50. The van der Waals surface area contributed by atoms with Crippen LogP contribution in [0.5, 0.6) is 0 Å². The molecule has 2 N–H and O–H groups in total. The highest BCUT2D eigenvalue weighted by Gasteiger charge is 2.44. The number of alkyl halides is 1. The van der Waals surface area contributed by atoms with Gasteiger partial charge in [0, 0.05) is 31.0 Å². The second-order valence-corrected chi connectivity index (χ2v) is 7.91. The van der Waals surface area contributed by atoms with Crippen LogP contribution in [0, 0.1) is 5.92 Å². The molecule has 2 atom stereocenters. The van der Waals surface area contributed by atoms with Crippen molar-refractivity contribution in [1.82, 2.24) is 29.8 Å². The van der Waals surface area contributed by atoms with Gasteiger partial charge in [-0.1, -0.05) is 0 Å². The van der Waals surface area contributed by atoms with Crippen LogP contribution >= 0.6 is 0 Å². The average Bonchev–Trinajstić information content (AvgIpc) is 3.45. The largest absolute Gasteiger partial charge is 0.378 e. The lowest BCUT2D eigenvalue weighted by Crippen LogP contribution is -2.39. The molecule has 28 heavy (non-hydrogen) atoms. The maximum absolute atomic E-state index is 14.1. The number of halogens is 1. The molecule has 1 aliphatic carbocycles. The van der Waals surface area contributed by atoms with E-state index in [2.05, 4.69) is 30.5 Å². The Morgan fingerprint density at radius 1 is 1.32 bits per heavy atom. The van der Waals surface area contributed by atoms with Gasteiger partial charge in [-0.15, -0.1) is 5.10 Å². The predicted molar refractivity (Wildman–Crippen MR) is 100.0 cm³/mol. The lowest BCUT2D eigenvalue weighted by Gasteiger charge is -2.28. The van der Waals surface area contributed by atoms with Crippen molar-refractivity contribution in [3.05, 3.63) is 18.7 Å². The Bertz CT molecular complexity index is 999. The second-order valence-electron chi connectivity index (χ2n) is 7.91. The van der Waals surface area contributed by atoms with Crippen LogP contribution < -0.4 is 10.2 Å². The fourth-order valence-electron chi connectivity index (χ4n) is 4.60. The Balaban J connectivity index is 1.43. The summed E-state index contributed by atoms with van der Waals surface area (Å²) in [7, 11) is 0. The van der Waals surface area contributed by atoms with Crippen molar-refractivity contribution in [3.8, 4) is 11.3 Å². The van der Waals surface area contributed by atoms with Crippen LogP contribution in [0.2, 0.25) is 0 Å². The summed E-state index contributed by atoms with van der Waals surface area (Å²) in [5, 5.41) is 14.6. The lowest BCUT2D eigenvalue weighted by atomic mass is 9.86. The molecule has 4 fully saturated rings. The molecule has 0 amide bonds. The van der Waals surface area contributed by atoms with E-state index in [1.807, 2.05) is 6.20 Å². The van der Waals surface area contributed by atoms with E-state index in [0.717, 1.165) is 35.1 Å². The van der Waals surface area contributed by atoms with Crippen LogP contribution in [-0.4, -0.2) is 67.8 Å². The Labute approximate surface area is 160 Å². The van der Waals surface area contributed by atoms with Gasteiger partial charge >= 0.3 is 0 Å². The Morgan fingerprint density at radius 3 is 3.00 bits per heavy atom. The molecule has 3 aromatic heterocycles. The summed E-state index contributed by atoms with van der Waals surface area (Å²) in [5.74, 6) is 1.17. The van der Waals surface area contributed by atoms with Gasteiger partial charge < -0.3 is 15.0 Å². The monoisotopic (exact) mass is 384 g/mol. The molecule has 1 saturated carbocycles. The highest BCUT2D eigenvalue weighted by Crippen LogP contribution is 2.46. The Morgan fingerprint density at radius 2 is 2.25 bits per heavy atom. The number of ether oxygens (including phenoxy) is 1. The van der Waals surface area contributed by atoms with E-state index in [1.165, 1.54) is 12.8 Å². The van der Waals surface area contributed by atoms with Gasteiger partial charge in [-0.05, 0) is 25.2 Å². The topological polar surface area (TPSA) is 96.3 Å². The molecule has 3 aliphatic heterocycles. The van der Waals surface area contributed by atoms with Crippen molar-refractivity contribution >= 4 is 17.3 Å². The predicted octanol–water partition coefficient (Wildman–Crippen LogP) is 1.65. The lowest BCUT2D eigenvalue weighted by molar-refractivity contribution is 0.0284. The van der Waals surface area contributed by atoms with Gasteiger partial charge in [-0.3, -0.25) is 5.10 Å². The molecule has 2 bridgehead atoms. The van der Waals surface area contributed by atoms with Crippen molar-refractivity contribution in [2.45, 2.75) is 37.5 Å². The second kappa shape index (κ2) is 6.13. The number of aromatic amines is 1. The van der Waals surface area contributed by atoms with Crippen LogP contribution in [0.3, 0.4) is 0 Å². The van der Waals surface area contributed by atoms with Gasteiger partial charge in [-0.2, -0.15) is 14.6 Å². The van der Waals surface area contributed by atoms with Crippen molar-refractivity contribution in [2.75, 3.05) is 30.0 Å². The molecule has 10 heteroatoms. The molecule has 3 saturated heterocycles. The average molecular weight is 384 g/mol. The van der Waals surface area contributed by atoms with Crippen molar-refractivity contribution in [3.63, 3.8) is 0 Å². The van der Waals surface area contributed by atoms with Gasteiger partial charge in [0.1, 0.15) is 23.9 Å². The number of fused-ring (bicyclic) bond motifs is 2. The third kappa shape index (κ3) is 2.47.